The number of hydrogen-bond acceptors (Lipinski definition) is 5. The van der Waals surface area contributed by atoms with E-state index in [9.17, 15) is 9.59 Å². The first-order valence-corrected chi connectivity index (χ1v) is 7.25. The van der Waals surface area contributed by atoms with Gasteiger partial charge >= 0.3 is 0 Å². The van der Waals surface area contributed by atoms with Gasteiger partial charge in [0.1, 0.15) is 0 Å². The highest BCUT2D eigenvalue weighted by molar-refractivity contribution is 8.18. The number of benzene rings is 1. The van der Waals surface area contributed by atoms with Crippen molar-refractivity contribution in [2.24, 2.45) is 0 Å². The lowest BCUT2D eigenvalue weighted by Gasteiger charge is -2.11. The van der Waals surface area contributed by atoms with Crippen LogP contribution in [0.2, 0.25) is 0 Å². The summed E-state index contributed by atoms with van der Waals surface area (Å²) in [4.78, 5) is 25.3. The van der Waals surface area contributed by atoms with E-state index >= 15 is 0 Å². The van der Waals surface area contributed by atoms with Crippen molar-refractivity contribution in [1.82, 2.24) is 4.90 Å². The minimum atomic E-state index is -0.373. The van der Waals surface area contributed by atoms with Crippen molar-refractivity contribution >= 4 is 29.0 Å². The van der Waals surface area contributed by atoms with Gasteiger partial charge in [-0.25, -0.2) is 0 Å². The Bertz CT molecular complexity index is 703. The normalized spacial score (nSPS) is 16.1. The van der Waals surface area contributed by atoms with Crippen LogP contribution < -0.4 is 9.47 Å². The van der Waals surface area contributed by atoms with Crippen LogP contribution in [0.5, 0.6) is 11.5 Å². The average molecular weight is 317 g/mol. The van der Waals surface area contributed by atoms with Gasteiger partial charge in [-0.2, -0.15) is 0 Å². The topological polar surface area (TPSA) is 55.8 Å². The van der Waals surface area contributed by atoms with Crippen molar-refractivity contribution in [1.29, 1.82) is 0 Å². The number of imide groups is 1. The number of nitrogens with zero attached hydrogens (tertiary/aromatic N) is 1. The SMILES string of the molecule is C#CCN1C(=O)SC(=Cc2cc(OC)c(OC)cc2C)C1=O. The maximum atomic E-state index is 12.2. The average Bonchev–Trinajstić information content (AvgIpc) is 2.76. The molecule has 2 rings (SSSR count). The Morgan fingerprint density at radius 2 is 1.91 bits per heavy atom. The third kappa shape index (κ3) is 2.95. The van der Waals surface area contributed by atoms with E-state index < -0.39 is 0 Å². The van der Waals surface area contributed by atoms with Gasteiger partial charge in [-0.1, -0.05) is 5.92 Å². The summed E-state index contributed by atoms with van der Waals surface area (Å²) in [5, 5.41) is -0.354. The lowest BCUT2D eigenvalue weighted by atomic mass is 10.1. The number of aryl methyl sites for hydroxylation is 1. The Morgan fingerprint density at radius 1 is 1.27 bits per heavy atom. The number of amides is 2. The van der Waals surface area contributed by atoms with Crippen molar-refractivity contribution in [3.8, 4) is 23.8 Å². The lowest BCUT2D eigenvalue weighted by Crippen LogP contribution is -2.28. The highest BCUT2D eigenvalue weighted by Gasteiger charge is 2.34. The van der Waals surface area contributed by atoms with Crippen LogP contribution in [0.3, 0.4) is 0 Å². The number of carbonyl (C=O) groups is 2. The molecule has 0 atom stereocenters. The van der Waals surface area contributed by atoms with E-state index in [0.29, 0.717) is 16.4 Å². The number of rotatable bonds is 4. The second-order valence-electron chi connectivity index (χ2n) is 4.54. The van der Waals surface area contributed by atoms with Crippen molar-refractivity contribution in [2.75, 3.05) is 20.8 Å². The fourth-order valence-electron chi connectivity index (χ4n) is 2.02. The molecule has 1 aliphatic heterocycles. The monoisotopic (exact) mass is 317 g/mol. The predicted octanol–water partition coefficient (Wildman–Crippen LogP) is 2.68. The van der Waals surface area contributed by atoms with Gasteiger partial charge in [0, 0.05) is 0 Å². The van der Waals surface area contributed by atoms with Gasteiger partial charge in [0.05, 0.1) is 25.7 Å². The van der Waals surface area contributed by atoms with Crippen molar-refractivity contribution in [3.63, 3.8) is 0 Å². The Labute approximate surface area is 133 Å². The van der Waals surface area contributed by atoms with Crippen molar-refractivity contribution in [2.45, 2.75) is 6.92 Å². The molecule has 1 saturated heterocycles. The molecule has 0 aromatic heterocycles. The predicted molar refractivity (Wildman–Crippen MR) is 85.8 cm³/mol. The van der Waals surface area contributed by atoms with Crippen molar-refractivity contribution in [3.05, 3.63) is 28.2 Å². The Balaban J connectivity index is 2.40. The third-order valence-corrected chi connectivity index (χ3v) is 4.09. The molecule has 6 heteroatoms. The highest BCUT2D eigenvalue weighted by atomic mass is 32.2. The molecule has 0 N–H and O–H groups in total. The first-order chi connectivity index (χ1) is 10.5. The van der Waals surface area contributed by atoms with Crippen LogP contribution in [-0.4, -0.2) is 36.8 Å². The fourth-order valence-corrected chi connectivity index (χ4v) is 2.85. The zero-order valence-electron chi connectivity index (χ0n) is 12.5. The number of carbonyl (C=O) groups excluding carboxylic acids is 2. The van der Waals surface area contributed by atoms with Gasteiger partial charge in [-0.3, -0.25) is 14.5 Å². The molecule has 0 spiro atoms. The number of terminal acetylenes is 1. The summed E-state index contributed by atoms with van der Waals surface area (Å²) in [7, 11) is 3.10. The van der Waals surface area contributed by atoms with Crippen LogP contribution in [0.15, 0.2) is 17.0 Å². The van der Waals surface area contributed by atoms with Crippen LogP contribution in [-0.2, 0) is 4.79 Å². The highest BCUT2D eigenvalue weighted by Crippen LogP contribution is 2.35. The molecular weight excluding hydrogens is 302 g/mol. The molecule has 1 heterocycles. The summed E-state index contributed by atoms with van der Waals surface area (Å²) in [5.41, 5.74) is 1.69. The smallest absolute Gasteiger partial charge is 0.294 e. The molecule has 1 aliphatic rings. The Kier molecular flexibility index (Phi) is 4.78. The Morgan fingerprint density at radius 3 is 2.50 bits per heavy atom. The minimum absolute atomic E-state index is 0.0209. The van der Waals surface area contributed by atoms with E-state index in [-0.39, 0.29) is 17.7 Å². The molecule has 1 fully saturated rings. The number of hydrogen-bond donors (Lipinski definition) is 0. The number of methoxy groups -OCH3 is 2. The van der Waals surface area contributed by atoms with Crippen LogP contribution in [0.25, 0.3) is 6.08 Å². The molecule has 22 heavy (non-hydrogen) atoms. The molecule has 0 saturated carbocycles. The van der Waals surface area contributed by atoms with E-state index in [2.05, 4.69) is 5.92 Å². The minimum Gasteiger partial charge on any atom is -0.493 e. The summed E-state index contributed by atoms with van der Waals surface area (Å²) in [6.07, 6.45) is 6.83. The molecule has 0 aliphatic carbocycles. The zero-order chi connectivity index (χ0) is 16.3. The second kappa shape index (κ2) is 6.58. The third-order valence-electron chi connectivity index (χ3n) is 3.18. The number of ether oxygens (including phenoxy) is 2. The lowest BCUT2D eigenvalue weighted by molar-refractivity contribution is -0.122. The first-order valence-electron chi connectivity index (χ1n) is 6.43. The molecule has 1 aromatic rings. The fraction of sp³-hybridized carbons (Fsp3) is 0.250. The van der Waals surface area contributed by atoms with Gasteiger partial charge in [-0.15, -0.1) is 6.42 Å². The summed E-state index contributed by atoms with van der Waals surface area (Å²) >= 11 is 0.880. The molecule has 5 nitrogen and oxygen atoms in total. The van der Waals surface area contributed by atoms with Crippen LogP contribution in [0.1, 0.15) is 11.1 Å². The van der Waals surface area contributed by atoms with E-state index in [4.69, 9.17) is 15.9 Å². The molecule has 1 aromatic carbocycles. The maximum Gasteiger partial charge on any atom is 0.294 e. The molecule has 0 bridgehead atoms. The second-order valence-corrected chi connectivity index (χ2v) is 5.53. The summed E-state index contributed by atoms with van der Waals surface area (Å²) in [5.74, 6) is 3.10. The molecule has 0 unspecified atom stereocenters. The van der Waals surface area contributed by atoms with Crippen molar-refractivity contribution < 1.29 is 19.1 Å². The van der Waals surface area contributed by atoms with Gasteiger partial charge in [-0.05, 0) is 48.0 Å². The van der Waals surface area contributed by atoms with Crippen LogP contribution in [0.4, 0.5) is 4.79 Å². The summed E-state index contributed by atoms with van der Waals surface area (Å²) < 4.78 is 10.5. The van der Waals surface area contributed by atoms with Gasteiger partial charge in [0.15, 0.2) is 11.5 Å². The zero-order valence-corrected chi connectivity index (χ0v) is 13.3. The standard InChI is InChI=1S/C16H15NO4S/c1-5-6-17-15(18)14(22-16(17)19)9-11-8-13(21-4)12(20-3)7-10(11)2/h1,7-9H,6H2,2-4H3. The summed E-state index contributed by atoms with van der Waals surface area (Å²) in [6, 6.07) is 3.58. The first kappa shape index (κ1) is 16.0. The number of thioether (sulfide) groups is 1. The largest absolute Gasteiger partial charge is 0.493 e. The molecule has 2 amide bonds. The van der Waals surface area contributed by atoms with E-state index in [1.165, 1.54) is 7.11 Å². The molecular formula is C16H15NO4S. The quantitative estimate of drug-likeness (QED) is 0.631. The van der Waals surface area contributed by atoms with E-state index in [1.54, 1.807) is 19.3 Å². The van der Waals surface area contributed by atoms with Gasteiger partial charge < -0.3 is 9.47 Å². The maximum absolute atomic E-state index is 12.2. The van der Waals surface area contributed by atoms with E-state index in [1.807, 2.05) is 13.0 Å². The van der Waals surface area contributed by atoms with Gasteiger partial charge in [0.2, 0.25) is 0 Å². The molecule has 114 valence electrons. The Hall–Kier alpha value is -2.39. The van der Waals surface area contributed by atoms with Crippen LogP contribution in [0, 0.1) is 19.3 Å². The van der Waals surface area contributed by atoms with Gasteiger partial charge in [0.25, 0.3) is 11.1 Å². The van der Waals surface area contributed by atoms with E-state index in [0.717, 1.165) is 27.8 Å². The summed E-state index contributed by atoms with van der Waals surface area (Å²) in [6.45, 7) is 1.87. The van der Waals surface area contributed by atoms with Crippen LogP contribution >= 0.6 is 11.8 Å². The molecule has 0 radical (unpaired) electrons.